The third kappa shape index (κ3) is 7.74. The molecule has 0 fully saturated rings. The summed E-state index contributed by atoms with van der Waals surface area (Å²) in [5, 5.41) is 4.29. The number of nitrogens with one attached hydrogen (secondary N) is 1. The fraction of sp³-hybridized carbons (Fsp3) is 0.241. The molecule has 0 radical (unpaired) electrons. The first kappa shape index (κ1) is 30.7. The lowest BCUT2D eigenvalue weighted by Crippen LogP contribution is -2.27. The maximum absolute atomic E-state index is 13.4. The Bertz CT molecular complexity index is 1380. The fourth-order valence-electron chi connectivity index (χ4n) is 3.37. The highest BCUT2D eigenvalue weighted by Gasteiger charge is 2.28. The Morgan fingerprint density at radius 1 is 1.03 bits per heavy atom. The predicted molar refractivity (Wildman–Crippen MR) is 154 cm³/mol. The summed E-state index contributed by atoms with van der Waals surface area (Å²) in [5.41, 5.74) is 1.78. The zero-order valence-electron chi connectivity index (χ0n) is 22.3. The monoisotopic (exact) mass is 554 g/mol. The summed E-state index contributed by atoms with van der Waals surface area (Å²) < 4.78 is 33.1. The summed E-state index contributed by atoms with van der Waals surface area (Å²) in [6, 6.07) is 16.8. The van der Waals surface area contributed by atoms with E-state index in [1.165, 1.54) is 13.1 Å². The number of benzene rings is 2. The van der Waals surface area contributed by atoms with Crippen LogP contribution < -0.4 is 5.32 Å². The van der Waals surface area contributed by atoms with Crippen molar-refractivity contribution in [3.05, 3.63) is 106 Å². The van der Waals surface area contributed by atoms with Crippen LogP contribution in [0.1, 0.15) is 53.3 Å². The van der Waals surface area contributed by atoms with Gasteiger partial charge in [-0.1, -0.05) is 68.5 Å². The number of nitrogens with zero attached hydrogens (tertiary/aromatic N) is 1. The molecule has 1 N–H and O–H groups in total. The van der Waals surface area contributed by atoms with Crippen molar-refractivity contribution >= 4 is 38.7 Å². The van der Waals surface area contributed by atoms with Crippen molar-refractivity contribution in [3.63, 3.8) is 0 Å². The van der Waals surface area contributed by atoms with E-state index in [1.807, 2.05) is 26.8 Å². The average molecular weight is 555 g/mol. The van der Waals surface area contributed by atoms with Crippen LogP contribution in [0.15, 0.2) is 94.9 Å². The van der Waals surface area contributed by atoms with Crippen LogP contribution in [-0.2, 0) is 14.8 Å². The van der Waals surface area contributed by atoms with Gasteiger partial charge in [-0.2, -0.15) is 0 Å². The Hall–Kier alpha value is -3.53. The quantitative estimate of drug-likeness (QED) is 0.169. The van der Waals surface area contributed by atoms with Crippen LogP contribution >= 0.6 is 11.3 Å². The van der Waals surface area contributed by atoms with Crippen molar-refractivity contribution in [1.29, 1.82) is 0 Å². The van der Waals surface area contributed by atoms with Gasteiger partial charge in [-0.05, 0) is 43.5 Å². The summed E-state index contributed by atoms with van der Waals surface area (Å²) in [6.45, 7) is 8.53. The molecule has 0 unspecified atom stereocenters. The molecule has 1 aromatic heterocycles. The van der Waals surface area contributed by atoms with Crippen LogP contribution in [0.25, 0.3) is 0 Å². The normalized spacial score (nSPS) is 11.6. The van der Waals surface area contributed by atoms with Gasteiger partial charge in [-0.3, -0.25) is 13.9 Å². The molecule has 0 bridgehead atoms. The number of allylic oxidation sites excluding steroid dienone is 2. The molecule has 3 aromatic rings. The van der Waals surface area contributed by atoms with Crippen LogP contribution in [0.2, 0.25) is 0 Å². The van der Waals surface area contributed by atoms with E-state index in [0.717, 1.165) is 15.6 Å². The van der Waals surface area contributed by atoms with E-state index in [-0.39, 0.29) is 15.6 Å². The molecule has 38 heavy (non-hydrogen) atoms. The molecule has 0 aliphatic heterocycles. The Morgan fingerprint density at radius 3 is 2.37 bits per heavy atom. The van der Waals surface area contributed by atoms with Gasteiger partial charge in [0.1, 0.15) is 9.77 Å². The molecule has 0 saturated heterocycles. The minimum Gasteiger partial charge on any atom is -0.378 e. The van der Waals surface area contributed by atoms with Gasteiger partial charge in [0, 0.05) is 36.2 Å². The zero-order valence-corrected chi connectivity index (χ0v) is 23.9. The van der Waals surface area contributed by atoms with Crippen molar-refractivity contribution < 1.29 is 22.7 Å². The van der Waals surface area contributed by atoms with E-state index in [0.29, 0.717) is 35.7 Å². The molecule has 3 rings (SSSR count). The molecule has 1 amide bonds. The number of hydrogen-bond donors (Lipinski definition) is 1. The molecule has 9 heteroatoms. The number of amides is 1. The van der Waals surface area contributed by atoms with Crippen LogP contribution in [0, 0.1) is 0 Å². The predicted octanol–water partition coefficient (Wildman–Crippen LogP) is 6.37. The average Bonchev–Trinajstić information content (AvgIpc) is 3.46. The third-order valence-electron chi connectivity index (χ3n) is 5.26. The summed E-state index contributed by atoms with van der Waals surface area (Å²) in [7, 11) is -2.57. The van der Waals surface area contributed by atoms with Crippen molar-refractivity contribution in [1.82, 2.24) is 4.31 Å². The molecular weight excluding hydrogens is 520 g/mol. The molecule has 0 aliphatic rings. The van der Waals surface area contributed by atoms with Crippen LogP contribution in [0.3, 0.4) is 0 Å². The summed E-state index contributed by atoms with van der Waals surface area (Å²) in [5.74, 6) is -0.751. The van der Waals surface area contributed by atoms with Gasteiger partial charge in [0.2, 0.25) is 0 Å². The second-order valence-corrected chi connectivity index (χ2v) is 10.4. The van der Waals surface area contributed by atoms with Crippen LogP contribution in [0.4, 0.5) is 5.69 Å². The summed E-state index contributed by atoms with van der Waals surface area (Å²) >= 11 is 1.03. The number of ether oxygens (including phenoxy) is 1. The number of carbonyl (C=O) groups is 2. The standard InChI is InChI=1S/C27H28N2O5S2.C2H6/c1-4-23(15-10-17-34-5-2)29(3)36(32,33)24-16-18-35-26(24)27(31)28-22-14-9-13-21(19-22)25(30)20-11-7-6-8-12-20;1-2/h4,6-16,18-19H,5,17H2,1-3H3,(H,28,31);1-2H3/b15-10-,23-4+;. The highest BCUT2D eigenvalue weighted by Crippen LogP contribution is 2.28. The van der Waals surface area contributed by atoms with Gasteiger partial charge in [0.05, 0.1) is 6.61 Å². The lowest BCUT2D eigenvalue weighted by Gasteiger charge is -2.20. The van der Waals surface area contributed by atoms with E-state index in [4.69, 9.17) is 4.74 Å². The molecular formula is C29H34N2O5S2. The number of ketones is 1. The molecule has 0 saturated carbocycles. The Kier molecular flexibility index (Phi) is 12.1. The zero-order chi connectivity index (χ0) is 28.1. The Morgan fingerprint density at radius 2 is 1.71 bits per heavy atom. The van der Waals surface area contributed by atoms with Gasteiger partial charge < -0.3 is 10.1 Å². The highest BCUT2D eigenvalue weighted by molar-refractivity contribution is 7.89. The summed E-state index contributed by atoms with van der Waals surface area (Å²) in [4.78, 5) is 25.8. The van der Waals surface area contributed by atoms with Crippen molar-refractivity contribution in [2.24, 2.45) is 0 Å². The number of anilines is 1. The van der Waals surface area contributed by atoms with E-state index >= 15 is 0 Å². The second-order valence-electron chi connectivity index (χ2n) is 7.59. The van der Waals surface area contributed by atoms with Gasteiger partial charge in [0.15, 0.2) is 5.78 Å². The van der Waals surface area contributed by atoms with E-state index in [1.54, 1.807) is 79.1 Å². The van der Waals surface area contributed by atoms with Crippen molar-refractivity contribution in [2.75, 3.05) is 25.6 Å². The lowest BCUT2D eigenvalue weighted by atomic mass is 10.0. The van der Waals surface area contributed by atoms with Crippen LogP contribution in [-0.4, -0.2) is 44.7 Å². The topological polar surface area (TPSA) is 92.8 Å². The maximum atomic E-state index is 13.4. The van der Waals surface area contributed by atoms with Crippen LogP contribution in [0.5, 0.6) is 0 Å². The van der Waals surface area contributed by atoms with Crippen molar-refractivity contribution in [2.45, 2.75) is 32.6 Å². The Balaban J connectivity index is 0.00000247. The molecule has 0 atom stereocenters. The largest absolute Gasteiger partial charge is 0.378 e. The summed E-state index contributed by atoms with van der Waals surface area (Å²) in [6.07, 6.45) is 5.06. The van der Waals surface area contributed by atoms with Gasteiger partial charge in [-0.25, -0.2) is 8.42 Å². The maximum Gasteiger partial charge on any atom is 0.267 e. The SMILES string of the molecule is C/C=C(\C=C/COCC)N(C)S(=O)(=O)c1ccsc1C(=O)Nc1cccc(C(=O)c2ccccc2)c1.CC. The van der Waals surface area contributed by atoms with Crippen molar-refractivity contribution in [3.8, 4) is 0 Å². The third-order valence-corrected chi connectivity index (χ3v) is 8.13. The van der Waals surface area contributed by atoms with E-state index in [9.17, 15) is 18.0 Å². The van der Waals surface area contributed by atoms with E-state index < -0.39 is 15.9 Å². The smallest absolute Gasteiger partial charge is 0.267 e. The molecule has 0 aliphatic carbocycles. The van der Waals surface area contributed by atoms with Gasteiger partial charge in [-0.15, -0.1) is 11.3 Å². The molecule has 2 aromatic carbocycles. The minimum atomic E-state index is -4.01. The fourth-order valence-corrected chi connectivity index (χ4v) is 5.91. The number of sulfonamides is 1. The lowest BCUT2D eigenvalue weighted by molar-refractivity contribution is 0.102. The number of carbonyl (C=O) groups excluding carboxylic acids is 2. The van der Waals surface area contributed by atoms with Gasteiger partial charge in [0.25, 0.3) is 15.9 Å². The minimum absolute atomic E-state index is 0.0513. The first-order valence-electron chi connectivity index (χ1n) is 12.3. The van der Waals surface area contributed by atoms with Gasteiger partial charge >= 0.3 is 0 Å². The number of thiophene rings is 1. The Labute approximate surface area is 229 Å². The molecule has 202 valence electrons. The number of rotatable bonds is 11. The van der Waals surface area contributed by atoms with E-state index in [2.05, 4.69) is 5.32 Å². The number of hydrogen-bond acceptors (Lipinski definition) is 6. The first-order valence-corrected chi connectivity index (χ1v) is 14.6. The molecule has 0 spiro atoms. The highest BCUT2D eigenvalue weighted by atomic mass is 32.2. The number of likely N-dealkylation sites (N-methyl/N-ethyl adjacent to an activating group) is 1. The first-order chi connectivity index (χ1) is 18.3. The molecule has 7 nitrogen and oxygen atoms in total. The molecule has 1 heterocycles. The second kappa shape index (κ2) is 15.0.